The molecule has 210 valence electrons. The first-order valence-corrected chi connectivity index (χ1v) is 14.7. The van der Waals surface area contributed by atoms with Gasteiger partial charge in [0, 0.05) is 29.9 Å². The molecular formula is C30H35N5O4S. The second kappa shape index (κ2) is 11.4. The van der Waals surface area contributed by atoms with Gasteiger partial charge in [0.2, 0.25) is 5.91 Å². The number of aryl methyl sites for hydroxylation is 2. The fourth-order valence-corrected chi connectivity index (χ4v) is 6.23. The molecule has 1 aliphatic rings. The Morgan fingerprint density at radius 2 is 1.93 bits per heavy atom. The van der Waals surface area contributed by atoms with Crippen LogP contribution >= 0.6 is 11.3 Å². The quantitative estimate of drug-likeness (QED) is 0.304. The highest BCUT2D eigenvalue weighted by Gasteiger charge is 2.30. The van der Waals surface area contributed by atoms with Gasteiger partial charge in [0.15, 0.2) is 4.96 Å². The Labute approximate surface area is 237 Å². The first-order chi connectivity index (χ1) is 19.2. The van der Waals surface area contributed by atoms with Crippen molar-refractivity contribution in [2.45, 2.75) is 59.8 Å². The summed E-state index contributed by atoms with van der Waals surface area (Å²) in [6.07, 6.45) is 1.51. The fourth-order valence-electron chi connectivity index (χ4n) is 5.31. The summed E-state index contributed by atoms with van der Waals surface area (Å²) in [6, 6.07) is 10.2. The number of aromatic nitrogens is 4. The van der Waals surface area contributed by atoms with Crippen molar-refractivity contribution in [2.75, 3.05) is 19.7 Å². The highest BCUT2D eigenvalue weighted by molar-refractivity contribution is 7.15. The highest BCUT2D eigenvalue weighted by Crippen LogP contribution is 2.25. The van der Waals surface area contributed by atoms with E-state index in [-0.39, 0.29) is 29.8 Å². The third-order valence-electron chi connectivity index (χ3n) is 7.50. The van der Waals surface area contributed by atoms with Gasteiger partial charge in [0.1, 0.15) is 5.69 Å². The molecule has 0 unspecified atom stereocenters. The summed E-state index contributed by atoms with van der Waals surface area (Å²) in [5.74, 6) is -0.250. The minimum atomic E-state index is -0.310. The van der Waals surface area contributed by atoms with Gasteiger partial charge in [-0.2, -0.15) is 5.10 Å². The van der Waals surface area contributed by atoms with Crippen molar-refractivity contribution in [1.82, 2.24) is 24.1 Å². The summed E-state index contributed by atoms with van der Waals surface area (Å²) in [7, 11) is 0. The van der Waals surface area contributed by atoms with Crippen LogP contribution in [0.15, 0.2) is 40.5 Å². The van der Waals surface area contributed by atoms with E-state index in [1.54, 1.807) is 11.8 Å². The second-order valence-electron chi connectivity index (χ2n) is 10.7. The van der Waals surface area contributed by atoms with Crippen LogP contribution in [0.5, 0.6) is 0 Å². The van der Waals surface area contributed by atoms with Gasteiger partial charge in [-0.1, -0.05) is 26.0 Å². The Bertz CT molecular complexity index is 1620. The van der Waals surface area contributed by atoms with Crippen LogP contribution in [0.25, 0.3) is 21.9 Å². The van der Waals surface area contributed by atoms with E-state index in [9.17, 15) is 14.4 Å². The summed E-state index contributed by atoms with van der Waals surface area (Å²) in [4.78, 5) is 46.3. The molecule has 1 amide bonds. The molecular weight excluding hydrogens is 526 g/mol. The molecule has 1 aliphatic heterocycles. The van der Waals surface area contributed by atoms with Crippen LogP contribution in [0.1, 0.15) is 62.2 Å². The molecule has 4 aromatic rings. The van der Waals surface area contributed by atoms with Gasteiger partial charge >= 0.3 is 5.97 Å². The standard InChI is InChI=1S/C30H35N5O4S/c1-6-39-29(38)22-8-7-13-33(16-22)26(36)15-24-17-40-30-31-20(5)27(28(37)34(24)30)25-14-19(4)35(32-25)23-11-9-21(10-12-23)18(2)3/h9-12,14,17-18,22H,6-8,13,15-16H2,1-5H3/t22-/m1/s1. The predicted molar refractivity (Wildman–Crippen MR) is 155 cm³/mol. The lowest BCUT2D eigenvalue weighted by molar-refractivity contribution is -0.151. The van der Waals surface area contributed by atoms with Crippen molar-refractivity contribution >= 4 is 28.2 Å². The number of benzene rings is 1. The zero-order chi connectivity index (χ0) is 28.6. The number of carbonyl (C=O) groups is 2. The van der Waals surface area contributed by atoms with E-state index >= 15 is 0 Å². The number of esters is 1. The van der Waals surface area contributed by atoms with Crippen LogP contribution in [0.4, 0.5) is 0 Å². The summed E-state index contributed by atoms with van der Waals surface area (Å²) in [5.41, 5.74) is 4.98. The Morgan fingerprint density at radius 1 is 1.18 bits per heavy atom. The summed E-state index contributed by atoms with van der Waals surface area (Å²) in [6.45, 7) is 11.1. The number of ether oxygens (including phenoxy) is 1. The molecule has 4 heterocycles. The van der Waals surface area contributed by atoms with Gasteiger partial charge in [-0.15, -0.1) is 11.3 Å². The lowest BCUT2D eigenvalue weighted by Crippen LogP contribution is -2.43. The maximum Gasteiger partial charge on any atom is 0.310 e. The van der Waals surface area contributed by atoms with Crippen LogP contribution in [-0.4, -0.2) is 55.6 Å². The normalized spacial score (nSPS) is 15.7. The number of rotatable bonds is 7. The molecule has 1 aromatic carbocycles. The molecule has 10 heteroatoms. The van der Waals surface area contributed by atoms with Crippen LogP contribution in [-0.2, 0) is 20.7 Å². The number of nitrogens with zero attached hydrogens (tertiary/aromatic N) is 5. The van der Waals surface area contributed by atoms with Gasteiger partial charge < -0.3 is 9.64 Å². The Balaban J connectivity index is 1.44. The van der Waals surface area contributed by atoms with E-state index in [1.807, 2.05) is 42.1 Å². The molecule has 1 fully saturated rings. The maximum absolute atomic E-state index is 13.9. The van der Waals surface area contributed by atoms with Crippen molar-refractivity contribution < 1.29 is 14.3 Å². The largest absolute Gasteiger partial charge is 0.466 e. The molecule has 5 rings (SSSR count). The molecule has 40 heavy (non-hydrogen) atoms. The lowest BCUT2D eigenvalue weighted by Gasteiger charge is -2.31. The smallest absolute Gasteiger partial charge is 0.310 e. The molecule has 0 saturated carbocycles. The summed E-state index contributed by atoms with van der Waals surface area (Å²) < 4.78 is 8.54. The Hall–Kier alpha value is -3.79. The summed E-state index contributed by atoms with van der Waals surface area (Å²) >= 11 is 1.34. The van der Waals surface area contributed by atoms with E-state index in [4.69, 9.17) is 14.8 Å². The first kappa shape index (κ1) is 27.8. The average molecular weight is 562 g/mol. The van der Waals surface area contributed by atoms with Crippen molar-refractivity contribution in [3.8, 4) is 16.9 Å². The third-order valence-corrected chi connectivity index (χ3v) is 8.37. The van der Waals surface area contributed by atoms with E-state index in [1.165, 1.54) is 21.3 Å². The molecule has 0 bridgehead atoms. The van der Waals surface area contributed by atoms with E-state index in [0.717, 1.165) is 17.8 Å². The molecule has 1 saturated heterocycles. The van der Waals surface area contributed by atoms with Crippen LogP contribution in [0.2, 0.25) is 0 Å². The van der Waals surface area contributed by atoms with Gasteiger partial charge in [0.25, 0.3) is 5.56 Å². The molecule has 9 nitrogen and oxygen atoms in total. The Kier molecular flexibility index (Phi) is 7.89. The zero-order valence-electron chi connectivity index (χ0n) is 23.6. The maximum atomic E-state index is 13.9. The highest BCUT2D eigenvalue weighted by atomic mass is 32.1. The van der Waals surface area contributed by atoms with Gasteiger partial charge in [-0.05, 0) is 63.3 Å². The third kappa shape index (κ3) is 5.32. The molecule has 0 aliphatic carbocycles. The average Bonchev–Trinajstić information content (AvgIpc) is 3.51. The molecule has 0 radical (unpaired) electrons. The van der Waals surface area contributed by atoms with Crippen molar-refractivity contribution in [3.05, 3.63) is 68.7 Å². The fraction of sp³-hybridized carbons (Fsp3) is 0.433. The molecule has 1 atom stereocenters. The Morgan fingerprint density at radius 3 is 2.62 bits per heavy atom. The topological polar surface area (TPSA) is 98.8 Å². The van der Waals surface area contributed by atoms with Crippen molar-refractivity contribution in [3.63, 3.8) is 0 Å². The SMILES string of the molecule is CCOC(=O)[C@@H]1CCCN(C(=O)Cc2csc3nc(C)c(-c4cc(C)n(-c5ccc(C(C)C)cc5)n4)c(=O)n23)C1. The number of thiazole rings is 1. The van der Waals surface area contributed by atoms with Gasteiger partial charge in [0.05, 0.1) is 35.9 Å². The first-order valence-electron chi connectivity index (χ1n) is 13.8. The van der Waals surface area contributed by atoms with Crippen molar-refractivity contribution in [2.24, 2.45) is 5.92 Å². The van der Waals surface area contributed by atoms with Crippen LogP contribution < -0.4 is 5.56 Å². The van der Waals surface area contributed by atoms with E-state index in [0.29, 0.717) is 59.6 Å². The van der Waals surface area contributed by atoms with E-state index < -0.39 is 0 Å². The number of piperidine rings is 1. The minimum Gasteiger partial charge on any atom is -0.466 e. The number of amides is 1. The number of hydrogen-bond acceptors (Lipinski definition) is 7. The summed E-state index contributed by atoms with van der Waals surface area (Å²) in [5, 5.41) is 6.61. The van der Waals surface area contributed by atoms with Crippen LogP contribution in [0, 0.1) is 19.8 Å². The molecule has 0 N–H and O–H groups in total. The monoisotopic (exact) mass is 561 g/mol. The van der Waals surface area contributed by atoms with Gasteiger partial charge in [-0.3, -0.25) is 18.8 Å². The number of fused-ring (bicyclic) bond motifs is 1. The predicted octanol–water partition coefficient (Wildman–Crippen LogP) is 4.69. The minimum absolute atomic E-state index is 0.0509. The van der Waals surface area contributed by atoms with Crippen LogP contribution in [0.3, 0.4) is 0 Å². The molecule has 0 spiro atoms. The number of carbonyl (C=O) groups excluding carboxylic acids is 2. The molecule has 3 aromatic heterocycles. The number of hydrogen-bond donors (Lipinski definition) is 0. The zero-order valence-corrected chi connectivity index (χ0v) is 24.5. The van der Waals surface area contributed by atoms with Gasteiger partial charge in [-0.25, -0.2) is 9.67 Å². The second-order valence-corrected chi connectivity index (χ2v) is 11.5. The van der Waals surface area contributed by atoms with E-state index in [2.05, 4.69) is 26.0 Å². The van der Waals surface area contributed by atoms with Crippen molar-refractivity contribution in [1.29, 1.82) is 0 Å². The number of likely N-dealkylation sites (tertiary alicyclic amines) is 1. The lowest BCUT2D eigenvalue weighted by atomic mass is 9.98.